The number of aromatic nitrogens is 1. The molecule has 2 rings (SSSR count). The smallest absolute Gasteiger partial charge is 0.384 e. The van der Waals surface area contributed by atoms with E-state index in [1.807, 2.05) is 0 Å². The molecular formula is C13H12F3NO2S. The first kappa shape index (κ1) is 15.0. The van der Waals surface area contributed by atoms with Crippen molar-refractivity contribution in [2.45, 2.75) is 18.4 Å². The second-order valence-electron chi connectivity index (χ2n) is 4.08. The lowest BCUT2D eigenvalue weighted by molar-refractivity contribution is -0.137. The van der Waals surface area contributed by atoms with Crippen LogP contribution in [0.25, 0.3) is 0 Å². The molecule has 0 bridgehead atoms. The van der Waals surface area contributed by atoms with Gasteiger partial charge in [-0.25, -0.2) is 4.98 Å². The third-order valence-electron chi connectivity index (χ3n) is 2.73. The van der Waals surface area contributed by atoms with Gasteiger partial charge in [0.25, 0.3) is 0 Å². The zero-order valence-corrected chi connectivity index (χ0v) is 11.3. The summed E-state index contributed by atoms with van der Waals surface area (Å²) in [6.45, 7) is 0. The van der Waals surface area contributed by atoms with Gasteiger partial charge >= 0.3 is 6.18 Å². The van der Waals surface area contributed by atoms with Gasteiger partial charge < -0.3 is 9.84 Å². The molecule has 0 saturated heterocycles. The normalized spacial score (nSPS) is 15.1. The van der Waals surface area contributed by atoms with E-state index in [2.05, 4.69) is 4.98 Å². The number of ether oxygens (including phenoxy) is 1. The average Bonchev–Trinajstić information content (AvgIpc) is 2.90. The predicted octanol–water partition coefficient (Wildman–Crippen LogP) is 3.58. The number of halogens is 3. The maximum atomic E-state index is 12.5. The van der Waals surface area contributed by atoms with Crippen LogP contribution in [0.1, 0.15) is 27.7 Å². The summed E-state index contributed by atoms with van der Waals surface area (Å²) in [7, 11) is 1.40. The Balaban J connectivity index is 2.25. The van der Waals surface area contributed by atoms with Crippen LogP contribution in [0.2, 0.25) is 0 Å². The summed E-state index contributed by atoms with van der Waals surface area (Å²) in [6.07, 6.45) is -5.40. The van der Waals surface area contributed by atoms with Crippen LogP contribution in [0.3, 0.4) is 0 Å². The van der Waals surface area contributed by atoms with Crippen molar-refractivity contribution in [1.29, 1.82) is 0 Å². The van der Waals surface area contributed by atoms with E-state index in [0.717, 1.165) is 6.20 Å². The van der Waals surface area contributed by atoms with Crippen LogP contribution in [-0.4, -0.2) is 17.2 Å². The Kier molecular flexibility index (Phi) is 4.42. The molecule has 2 unspecified atom stereocenters. The quantitative estimate of drug-likeness (QED) is 0.938. The monoisotopic (exact) mass is 303 g/mol. The van der Waals surface area contributed by atoms with Crippen molar-refractivity contribution in [2.75, 3.05) is 7.11 Å². The Bertz CT molecular complexity index is 556. The number of methoxy groups -OCH3 is 1. The van der Waals surface area contributed by atoms with E-state index in [-0.39, 0.29) is 4.88 Å². The van der Waals surface area contributed by atoms with E-state index >= 15 is 0 Å². The molecule has 20 heavy (non-hydrogen) atoms. The molecule has 0 aliphatic carbocycles. The number of rotatable bonds is 4. The molecule has 3 nitrogen and oxygen atoms in total. The lowest BCUT2D eigenvalue weighted by Gasteiger charge is -2.20. The van der Waals surface area contributed by atoms with Crippen molar-refractivity contribution in [3.05, 3.63) is 52.0 Å². The number of alkyl halides is 3. The number of hydrogen-bond acceptors (Lipinski definition) is 4. The fourth-order valence-corrected chi connectivity index (χ4v) is 2.59. The van der Waals surface area contributed by atoms with Crippen LogP contribution in [0.4, 0.5) is 13.2 Å². The standard InChI is InChI=1S/C13H12F3NO2S/c1-19-11(8-5-3-2-4-6-8)10(18)9-7-17-12(20-9)13(14,15)16/h2-7,10-11,18H,1H3. The van der Waals surface area contributed by atoms with Crippen molar-refractivity contribution in [3.63, 3.8) is 0 Å². The van der Waals surface area contributed by atoms with E-state index < -0.39 is 23.4 Å². The first-order valence-electron chi connectivity index (χ1n) is 5.72. The molecule has 1 N–H and O–H groups in total. The van der Waals surface area contributed by atoms with Crippen molar-refractivity contribution in [2.24, 2.45) is 0 Å². The van der Waals surface area contributed by atoms with Crippen molar-refractivity contribution in [1.82, 2.24) is 4.98 Å². The molecule has 2 atom stereocenters. The van der Waals surface area contributed by atoms with E-state index in [1.54, 1.807) is 30.3 Å². The van der Waals surface area contributed by atoms with Gasteiger partial charge in [0.15, 0.2) is 5.01 Å². The lowest BCUT2D eigenvalue weighted by atomic mass is 10.0. The van der Waals surface area contributed by atoms with Crippen LogP contribution >= 0.6 is 11.3 Å². The number of benzene rings is 1. The molecule has 7 heteroatoms. The molecule has 0 aliphatic heterocycles. The molecule has 0 radical (unpaired) electrons. The van der Waals surface area contributed by atoms with Gasteiger partial charge in [-0.15, -0.1) is 11.3 Å². The molecule has 1 heterocycles. The third-order valence-corrected chi connectivity index (χ3v) is 3.84. The minimum Gasteiger partial charge on any atom is -0.384 e. The van der Waals surface area contributed by atoms with Crippen molar-refractivity contribution < 1.29 is 23.0 Å². The molecule has 0 fully saturated rings. The van der Waals surface area contributed by atoms with Gasteiger partial charge in [0.2, 0.25) is 0 Å². The second-order valence-corrected chi connectivity index (χ2v) is 5.14. The molecule has 0 aliphatic rings. The average molecular weight is 303 g/mol. The van der Waals surface area contributed by atoms with Gasteiger partial charge in [-0.1, -0.05) is 30.3 Å². The van der Waals surface area contributed by atoms with Crippen LogP contribution in [0.15, 0.2) is 36.5 Å². The molecule has 0 saturated carbocycles. The molecule has 108 valence electrons. The van der Waals surface area contributed by atoms with Gasteiger partial charge in [0.1, 0.15) is 12.2 Å². The Labute approximate surface area is 117 Å². The van der Waals surface area contributed by atoms with Crippen LogP contribution < -0.4 is 0 Å². The van der Waals surface area contributed by atoms with Crippen LogP contribution in [0, 0.1) is 0 Å². The zero-order chi connectivity index (χ0) is 14.8. The minimum atomic E-state index is -4.50. The fourth-order valence-electron chi connectivity index (χ4n) is 1.79. The van der Waals surface area contributed by atoms with E-state index in [4.69, 9.17) is 4.74 Å². The highest BCUT2D eigenvalue weighted by Gasteiger charge is 2.36. The zero-order valence-electron chi connectivity index (χ0n) is 10.5. The molecule has 0 spiro atoms. The van der Waals surface area contributed by atoms with Gasteiger partial charge in [-0.3, -0.25) is 0 Å². The first-order chi connectivity index (χ1) is 9.43. The van der Waals surface area contributed by atoms with Crippen LogP contribution in [-0.2, 0) is 10.9 Å². The molecule has 0 amide bonds. The highest BCUT2D eigenvalue weighted by atomic mass is 32.1. The van der Waals surface area contributed by atoms with Gasteiger partial charge in [-0.2, -0.15) is 13.2 Å². The molecular weight excluding hydrogens is 291 g/mol. The maximum Gasteiger partial charge on any atom is 0.443 e. The van der Waals surface area contributed by atoms with Gasteiger partial charge in [-0.05, 0) is 5.56 Å². The number of hydrogen-bond donors (Lipinski definition) is 1. The van der Waals surface area contributed by atoms with Gasteiger partial charge in [0.05, 0.1) is 4.88 Å². The summed E-state index contributed by atoms with van der Waals surface area (Å²) >= 11 is 0.420. The third kappa shape index (κ3) is 3.17. The SMILES string of the molecule is COC(c1ccccc1)C(O)c1cnc(C(F)(F)F)s1. The highest BCUT2D eigenvalue weighted by molar-refractivity contribution is 7.11. The Morgan fingerprint density at radius 3 is 2.40 bits per heavy atom. The van der Waals surface area contributed by atoms with E-state index in [9.17, 15) is 18.3 Å². The van der Waals surface area contributed by atoms with E-state index in [0.29, 0.717) is 16.9 Å². The summed E-state index contributed by atoms with van der Waals surface area (Å²) in [6, 6.07) is 8.81. The first-order valence-corrected chi connectivity index (χ1v) is 6.54. The summed E-state index contributed by atoms with van der Waals surface area (Å²) in [4.78, 5) is 3.42. The predicted molar refractivity (Wildman–Crippen MR) is 68.3 cm³/mol. The minimum absolute atomic E-state index is 0.119. The summed E-state index contributed by atoms with van der Waals surface area (Å²) < 4.78 is 42.7. The number of thiazole rings is 1. The Morgan fingerprint density at radius 1 is 1.25 bits per heavy atom. The number of aliphatic hydroxyl groups is 1. The van der Waals surface area contributed by atoms with Crippen LogP contribution in [0.5, 0.6) is 0 Å². The summed E-state index contributed by atoms with van der Waals surface area (Å²) in [5.74, 6) is 0. The topological polar surface area (TPSA) is 42.4 Å². The lowest BCUT2D eigenvalue weighted by Crippen LogP contribution is -2.11. The molecule has 2 aromatic rings. The molecule has 1 aromatic heterocycles. The fraction of sp³-hybridized carbons (Fsp3) is 0.308. The van der Waals surface area contributed by atoms with Gasteiger partial charge in [0, 0.05) is 13.3 Å². The van der Waals surface area contributed by atoms with Crippen molar-refractivity contribution in [3.8, 4) is 0 Å². The maximum absolute atomic E-state index is 12.5. The second kappa shape index (κ2) is 5.90. The number of aliphatic hydroxyl groups excluding tert-OH is 1. The van der Waals surface area contributed by atoms with E-state index in [1.165, 1.54) is 7.11 Å². The highest BCUT2D eigenvalue weighted by Crippen LogP contribution is 2.38. The molecule has 1 aromatic carbocycles. The number of nitrogens with zero attached hydrogens (tertiary/aromatic N) is 1. The van der Waals surface area contributed by atoms with Crippen molar-refractivity contribution >= 4 is 11.3 Å². The summed E-state index contributed by atoms with van der Waals surface area (Å²) in [5, 5.41) is 9.21. The largest absolute Gasteiger partial charge is 0.443 e. The summed E-state index contributed by atoms with van der Waals surface area (Å²) in [5.41, 5.74) is 0.685. The Morgan fingerprint density at radius 2 is 1.90 bits per heavy atom. The Hall–Kier alpha value is -1.44.